The summed E-state index contributed by atoms with van der Waals surface area (Å²) in [5.41, 5.74) is 0.0143. The maximum absolute atomic E-state index is 13.7. The summed E-state index contributed by atoms with van der Waals surface area (Å²) in [6.45, 7) is 0. The fraction of sp³-hybridized carbons (Fsp3) is 0. The van der Waals surface area contributed by atoms with Gasteiger partial charge in [-0.25, -0.2) is 18.2 Å². The van der Waals surface area contributed by atoms with E-state index in [2.05, 4.69) is 26.2 Å². The average Bonchev–Trinajstić information content (AvgIpc) is 3.00. The number of anilines is 1. The van der Waals surface area contributed by atoms with Crippen molar-refractivity contribution in [2.75, 3.05) is 5.32 Å². The molecule has 122 valence electrons. The lowest BCUT2D eigenvalue weighted by Gasteiger charge is -2.04. The Morgan fingerprint density at radius 2 is 1.83 bits per heavy atom. The Morgan fingerprint density at radius 3 is 2.62 bits per heavy atom. The first-order valence-electron chi connectivity index (χ1n) is 6.61. The van der Waals surface area contributed by atoms with Gasteiger partial charge >= 0.3 is 0 Å². The van der Waals surface area contributed by atoms with Gasteiger partial charge in [0.2, 0.25) is 0 Å². The molecule has 2 aromatic carbocycles. The van der Waals surface area contributed by atoms with Gasteiger partial charge in [-0.05, 0) is 36.4 Å². The van der Waals surface area contributed by atoms with E-state index in [9.17, 15) is 18.0 Å². The van der Waals surface area contributed by atoms with Gasteiger partial charge < -0.3 is 0 Å². The van der Waals surface area contributed by atoms with Gasteiger partial charge in [-0.3, -0.25) is 10.1 Å². The molecule has 3 rings (SSSR count). The number of nitrogens with zero attached hydrogens (tertiary/aromatic N) is 1. The zero-order chi connectivity index (χ0) is 17.3. The zero-order valence-electron chi connectivity index (χ0n) is 11.8. The molecule has 1 N–H and O–H groups in total. The van der Waals surface area contributed by atoms with Crippen molar-refractivity contribution in [3.8, 4) is 11.3 Å². The second kappa shape index (κ2) is 6.74. The summed E-state index contributed by atoms with van der Waals surface area (Å²) in [4.78, 5) is 16.2. The Labute approximate surface area is 147 Å². The van der Waals surface area contributed by atoms with E-state index in [1.807, 2.05) is 0 Å². The number of rotatable bonds is 3. The van der Waals surface area contributed by atoms with E-state index in [0.29, 0.717) is 4.47 Å². The third-order valence-corrected chi connectivity index (χ3v) is 4.35. The minimum atomic E-state index is -0.686. The Balaban J connectivity index is 1.85. The Kier molecular flexibility index (Phi) is 4.68. The van der Waals surface area contributed by atoms with Crippen LogP contribution in [0, 0.1) is 17.5 Å². The average molecular weight is 413 g/mol. The van der Waals surface area contributed by atoms with Crippen LogP contribution in [0.1, 0.15) is 10.4 Å². The molecule has 0 aliphatic carbocycles. The highest BCUT2D eigenvalue weighted by Crippen LogP contribution is 2.28. The van der Waals surface area contributed by atoms with Crippen molar-refractivity contribution in [1.29, 1.82) is 0 Å². The summed E-state index contributed by atoms with van der Waals surface area (Å²) in [5, 5.41) is 4.07. The normalized spacial score (nSPS) is 10.7. The maximum Gasteiger partial charge on any atom is 0.260 e. The van der Waals surface area contributed by atoms with E-state index in [1.54, 1.807) is 0 Å². The minimum absolute atomic E-state index is 0.0135. The number of carbonyl (C=O) groups is 1. The number of hydrogen-bond acceptors (Lipinski definition) is 3. The first-order valence-corrected chi connectivity index (χ1v) is 8.28. The summed E-state index contributed by atoms with van der Waals surface area (Å²) in [6, 6.07) is 6.99. The van der Waals surface area contributed by atoms with Gasteiger partial charge in [-0.15, -0.1) is 11.3 Å². The predicted molar refractivity (Wildman–Crippen MR) is 89.5 cm³/mol. The van der Waals surface area contributed by atoms with Crippen LogP contribution < -0.4 is 5.32 Å². The smallest absolute Gasteiger partial charge is 0.260 e. The van der Waals surface area contributed by atoms with Crippen LogP contribution in [0.4, 0.5) is 18.3 Å². The Morgan fingerprint density at radius 1 is 1.08 bits per heavy atom. The number of halogens is 4. The van der Waals surface area contributed by atoms with Crippen LogP contribution in [-0.4, -0.2) is 10.9 Å². The first kappa shape index (κ1) is 16.7. The van der Waals surface area contributed by atoms with Gasteiger partial charge in [0, 0.05) is 15.4 Å². The number of aromatic nitrogens is 1. The second-order valence-corrected chi connectivity index (χ2v) is 6.51. The summed E-state index contributed by atoms with van der Waals surface area (Å²) < 4.78 is 41.2. The summed E-state index contributed by atoms with van der Waals surface area (Å²) in [5.74, 6) is -2.59. The largest absolute Gasteiger partial charge is 0.298 e. The highest BCUT2D eigenvalue weighted by atomic mass is 79.9. The van der Waals surface area contributed by atoms with Crippen molar-refractivity contribution in [3.63, 3.8) is 0 Å². The van der Waals surface area contributed by atoms with E-state index < -0.39 is 23.4 Å². The van der Waals surface area contributed by atoms with Crippen LogP contribution in [0.2, 0.25) is 0 Å². The monoisotopic (exact) mass is 412 g/mol. The van der Waals surface area contributed by atoms with Gasteiger partial charge in [0.25, 0.3) is 5.91 Å². The molecule has 3 nitrogen and oxygen atoms in total. The standard InChI is InChI=1S/C16H8BrF3N2OS/c17-8-1-3-13(20)11(5-8)15(23)22-16-21-14(7-24-16)10-6-9(18)2-4-12(10)19/h1-7H,(H,21,22,23). The lowest BCUT2D eigenvalue weighted by Crippen LogP contribution is -2.13. The fourth-order valence-electron chi connectivity index (χ4n) is 1.98. The second-order valence-electron chi connectivity index (χ2n) is 4.74. The Bertz CT molecular complexity index is 929. The molecule has 0 bridgehead atoms. The first-order chi connectivity index (χ1) is 11.4. The van der Waals surface area contributed by atoms with Crippen LogP contribution >= 0.6 is 27.3 Å². The quantitative estimate of drug-likeness (QED) is 0.638. The minimum Gasteiger partial charge on any atom is -0.298 e. The molecule has 1 amide bonds. The third-order valence-electron chi connectivity index (χ3n) is 3.10. The molecule has 24 heavy (non-hydrogen) atoms. The maximum atomic E-state index is 13.7. The summed E-state index contributed by atoms with van der Waals surface area (Å²) >= 11 is 4.19. The summed E-state index contributed by atoms with van der Waals surface area (Å²) in [6.07, 6.45) is 0. The molecule has 3 aromatic rings. The van der Waals surface area contributed by atoms with Crippen molar-refractivity contribution in [2.24, 2.45) is 0 Å². The van der Waals surface area contributed by atoms with Crippen LogP contribution in [0.25, 0.3) is 11.3 Å². The summed E-state index contributed by atoms with van der Waals surface area (Å²) in [7, 11) is 0. The molecule has 1 aromatic heterocycles. The van der Waals surface area contributed by atoms with Gasteiger partial charge in [-0.2, -0.15) is 0 Å². The van der Waals surface area contributed by atoms with E-state index >= 15 is 0 Å². The highest BCUT2D eigenvalue weighted by Gasteiger charge is 2.16. The van der Waals surface area contributed by atoms with Gasteiger partial charge in [0.05, 0.1) is 11.3 Å². The lowest BCUT2D eigenvalue weighted by molar-refractivity contribution is 0.102. The zero-order valence-corrected chi connectivity index (χ0v) is 14.2. The molecular formula is C16H8BrF3N2OS. The van der Waals surface area contributed by atoms with Crippen molar-refractivity contribution in [1.82, 2.24) is 4.98 Å². The molecule has 0 aliphatic rings. The van der Waals surface area contributed by atoms with Crippen LogP contribution in [0.15, 0.2) is 46.3 Å². The molecule has 8 heteroatoms. The van der Waals surface area contributed by atoms with Crippen molar-refractivity contribution < 1.29 is 18.0 Å². The lowest BCUT2D eigenvalue weighted by atomic mass is 10.1. The molecule has 0 fully saturated rings. The van der Waals surface area contributed by atoms with Crippen LogP contribution in [-0.2, 0) is 0 Å². The van der Waals surface area contributed by atoms with Gasteiger partial charge in [0.1, 0.15) is 17.5 Å². The number of nitrogens with one attached hydrogen (secondary N) is 1. The topological polar surface area (TPSA) is 42.0 Å². The Hall–Kier alpha value is -2.19. The van der Waals surface area contributed by atoms with Crippen molar-refractivity contribution in [3.05, 3.63) is 69.3 Å². The highest BCUT2D eigenvalue weighted by molar-refractivity contribution is 9.10. The molecular weight excluding hydrogens is 405 g/mol. The predicted octanol–water partition coefficient (Wildman–Crippen LogP) is 5.24. The fourth-order valence-corrected chi connectivity index (χ4v) is 3.05. The van der Waals surface area contributed by atoms with Crippen LogP contribution in [0.3, 0.4) is 0 Å². The molecule has 0 saturated heterocycles. The van der Waals surface area contributed by atoms with Crippen molar-refractivity contribution >= 4 is 38.3 Å². The number of benzene rings is 2. The van der Waals surface area contributed by atoms with E-state index in [0.717, 1.165) is 35.6 Å². The number of carbonyl (C=O) groups excluding carboxylic acids is 1. The molecule has 0 atom stereocenters. The molecule has 1 heterocycles. The van der Waals surface area contributed by atoms with E-state index in [4.69, 9.17) is 0 Å². The van der Waals surface area contributed by atoms with E-state index in [-0.39, 0.29) is 22.0 Å². The van der Waals surface area contributed by atoms with Crippen LogP contribution in [0.5, 0.6) is 0 Å². The SMILES string of the molecule is O=C(Nc1nc(-c2cc(F)ccc2F)cs1)c1cc(Br)ccc1F. The molecule has 0 spiro atoms. The van der Waals surface area contributed by atoms with Gasteiger partial charge in [-0.1, -0.05) is 15.9 Å². The van der Waals surface area contributed by atoms with Gasteiger partial charge in [0.15, 0.2) is 5.13 Å². The molecule has 0 unspecified atom stereocenters. The van der Waals surface area contributed by atoms with Crippen molar-refractivity contribution in [2.45, 2.75) is 0 Å². The van der Waals surface area contributed by atoms with E-state index in [1.165, 1.54) is 17.5 Å². The molecule has 0 radical (unpaired) electrons. The third kappa shape index (κ3) is 3.49. The molecule has 0 aliphatic heterocycles. The number of amides is 1. The number of thiazole rings is 1. The molecule has 0 saturated carbocycles. The number of hydrogen-bond donors (Lipinski definition) is 1.